The lowest BCUT2D eigenvalue weighted by molar-refractivity contribution is -0.116. The van der Waals surface area contributed by atoms with Crippen LogP contribution in [-0.4, -0.2) is 23.3 Å². The summed E-state index contributed by atoms with van der Waals surface area (Å²) in [4.78, 5) is 27.3. The predicted molar refractivity (Wildman–Crippen MR) is 92.7 cm³/mol. The maximum absolute atomic E-state index is 12.0. The monoisotopic (exact) mass is 324 g/mol. The topological polar surface area (TPSA) is 83.1 Å². The van der Waals surface area contributed by atoms with Gasteiger partial charge in [-0.2, -0.15) is 0 Å². The zero-order valence-electron chi connectivity index (χ0n) is 13.5. The number of aromatic nitrogens is 1. The number of nitrogens with zero attached hydrogens (tertiary/aromatic N) is 1. The van der Waals surface area contributed by atoms with Crippen LogP contribution in [0.3, 0.4) is 0 Å². The molecular weight excluding hydrogens is 304 g/mol. The second kappa shape index (κ2) is 7.23. The van der Waals surface area contributed by atoms with Crippen molar-refractivity contribution in [3.8, 4) is 0 Å². The molecule has 0 unspecified atom stereocenters. The number of hydrogen-bond donors (Lipinski definition) is 3. The van der Waals surface area contributed by atoms with Gasteiger partial charge < -0.3 is 16.0 Å². The van der Waals surface area contributed by atoms with Crippen LogP contribution in [0.2, 0.25) is 0 Å². The Kier molecular flexibility index (Phi) is 4.86. The fourth-order valence-corrected chi connectivity index (χ4v) is 2.68. The molecule has 0 saturated carbocycles. The smallest absolute Gasteiger partial charge is 0.238 e. The lowest BCUT2D eigenvalue weighted by atomic mass is 9.98. The zero-order valence-corrected chi connectivity index (χ0v) is 13.5. The fourth-order valence-electron chi connectivity index (χ4n) is 2.68. The molecule has 6 heteroatoms. The summed E-state index contributed by atoms with van der Waals surface area (Å²) in [6.45, 7) is 2.23. The molecule has 2 aromatic rings. The minimum absolute atomic E-state index is 0.0348. The summed E-state index contributed by atoms with van der Waals surface area (Å²) < 4.78 is 0. The van der Waals surface area contributed by atoms with E-state index in [0.717, 1.165) is 23.2 Å². The summed E-state index contributed by atoms with van der Waals surface area (Å²) in [6, 6.07) is 9.60. The quantitative estimate of drug-likeness (QED) is 0.788. The van der Waals surface area contributed by atoms with Gasteiger partial charge in [0, 0.05) is 24.3 Å². The molecule has 1 aromatic heterocycles. The molecule has 0 fully saturated rings. The Morgan fingerprint density at radius 1 is 1.33 bits per heavy atom. The lowest BCUT2D eigenvalue weighted by Crippen LogP contribution is -2.30. The molecule has 1 aliphatic heterocycles. The third-order valence-electron chi connectivity index (χ3n) is 4.04. The number of amides is 2. The molecule has 2 heterocycles. The summed E-state index contributed by atoms with van der Waals surface area (Å²) in [5.74, 6) is -0.0476. The van der Waals surface area contributed by atoms with E-state index < -0.39 is 0 Å². The number of pyridine rings is 1. The molecule has 6 nitrogen and oxygen atoms in total. The van der Waals surface area contributed by atoms with Crippen LogP contribution < -0.4 is 16.0 Å². The molecule has 0 saturated heterocycles. The number of nitrogens with one attached hydrogen (secondary N) is 3. The fraction of sp³-hybridized carbons (Fsp3) is 0.278. The van der Waals surface area contributed by atoms with E-state index in [4.69, 9.17) is 0 Å². The van der Waals surface area contributed by atoms with Crippen molar-refractivity contribution in [1.29, 1.82) is 0 Å². The number of carbonyl (C=O) groups excluding carboxylic acids is 2. The lowest BCUT2D eigenvalue weighted by Gasteiger charge is -2.20. The Morgan fingerprint density at radius 2 is 2.21 bits per heavy atom. The van der Waals surface area contributed by atoms with Gasteiger partial charge >= 0.3 is 0 Å². The summed E-state index contributed by atoms with van der Waals surface area (Å²) >= 11 is 0. The van der Waals surface area contributed by atoms with E-state index in [-0.39, 0.29) is 24.4 Å². The number of anilines is 2. The van der Waals surface area contributed by atoms with Gasteiger partial charge in [0.1, 0.15) is 0 Å². The third-order valence-corrected chi connectivity index (χ3v) is 4.04. The second-order valence-corrected chi connectivity index (χ2v) is 5.86. The number of rotatable bonds is 5. The maximum Gasteiger partial charge on any atom is 0.238 e. The van der Waals surface area contributed by atoms with E-state index in [2.05, 4.69) is 27.0 Å². The van der Waals surface area contributed by atoms with Crippen molar-refractivity contribution < 1.29 is 9.59 Å². The number of hydrogen-bond acceptors (Lipinski definition) is 4. The average Bonchev–Trinajstić information content (AvgIpc) is 2.60. The molecule has 3 N–H and O–H groups in total. The van der Waals surface area contributed by atoms with E-state index in [1.165, 1.54) is 0 Å². The number of fused-ring (bicyclic) bond motifs is 1. The van der Waals surface area contributed by atoms with E-state index in [0.29, 0.717) is 12.1 Å². The second-order valence-electron chi connectivity index (χ2n) is 5.86. The Bertz CT molecular complexity index is 746. The van der Waals surface area contributed by atoms with E-state index in [1.807, 2.05) is 19.1 Å². The van der Waals surface area contributed by atoms with E-state index in [9.17, 15) is 9.59 Å². The first-order valence-electron chi connectivity index (χ1n) is 7.98. The van der Waals surface area contributed by atoms with Crippen molar-refractivity contribution in [1.82, 2.24) is 10.3 Å². The normalized spacial score (nSPS) is 14.5. The van der Waals surface area contributed by atoms with Gasteiger partial charge in [0.25, 0.3) is 0 Å². The largest absolute Gasteiger partial charge is 0.326 e. The number of aryl methyl sites for hydroxylation is 1. The predicted octanol–water partition coefficient (Wildman–Crippen LogP) is 2.26. The van der Waals surface area contributed by atoms with E-state index >= 15 is 0 Å². The van der Waals surface area contributed by atoms with Gasteiger partial charge in [0.05, 0.1) is 18.4 Å². The van der Waals surface area contributed by atoms with Crippen LogP contribution in [0.15, 0.2) is 42.7 Å². The Balaban J connectivity index is 1.56. The standard InChI is InChI=1S/C18H20N4O2/c1-12(20-11-18(24)21-15-3-2-8-19-10-15)13-4-6-16-14(9-13)5-7-17(23)22-16/h2-4,6,8-10,12,20H,5,7,11H2,1H3,(H,21,24)(H,22,23)/t12-/m1/s1. The SMILES string of the molecule is C[C@@H](NCC(=O)Nc1cccnc1)c1ccc2c(c1)CCC(=O)N2. The highest BCUT2D eigenvalue weighted by molar-refractivity contribution is 5.94. The summed E-state index contributed by atoms with van der Waals surface area (Å²) in [5.41, 5.74) is 3.80. The van der Waals surface area contributed by atoms with E-state index in [1.54, 1.807) is 24.5 Å². The molecular formula is C18H20N4O2. The van der Waals surface area contributed by atoms with Crippen molar-refractivity contribution in [2.45, 2.75) is 25.8 Å². The van der Waals surface area contributed by atoms with Gasteiger partial charge in [-0.05, 0) is 42.7 Å². The maximum atomic E-state index is 12.0. The highest BCUT2D eigenvalue weighted by atomic mass is 16.2. The first-order valence-corrected chi connectivity index (χ1v) is 7.98. The van der Waals surface area contributed by atoms with Crippen LogP contribution in [0, 0.1) is 0 Å². The molecule has 1 atom stereocenters. The third kappa shape index (κ3) is 3.97. The molecule has 0 spiro atoms. The van der Waals surface area contributed by atoms with Crippen LogP contribution in [0.4, 0.5) is 11.4 Å². The highest BCUT2D eigenvalue weighted by Crippen LogP contribution is 2.26. The molecule has 3 rings (SSSR count). The minimum Gasteiger partial charge on any atom is -0.326 e. The molecule has 0 aliphatic carbocycles. The summed E-state index contributed by atoms with van der Waals surface area (Å²) in [6.07, 6.45) is 4.54. The molecule has 24 heavy (non-hydrogen) atoms. The Hall–Kier alpha value is -2.73. The first kappa shape index (κ1) is 16.1. The molecule has 124 valence electrons. The number of carbonyl (C=O) groups is 2. The van der Waals surface area contributed by atoms with Crippen molar-refractivity contribution in [2.24, 2.45) is 0 Å². The molecule has 0 radical (unpaired) electrons. The molecule has 0 bridgehead atoms. The van der Waals surface area contributed by atoms with Gasteiger partial charge in [-0.3, -0.25) is 14.6 Å². The zero-order chi connectivity index (χ0) is 16.9. The van der Waals surface area contributed by atoms with Crippen molar-refractivity contribution >= 4 is 23.2 Å². The molecule has 1 aliphatic rings. The average molecular weight is 324 g/mol. The van der Waals surface area contributed by atoms with Gasteiger partial charge in [0.2, 0.25) is 11.8 Å². The minimum atomic E-state index is -0.111. The first-order chi connectivity index (χ1) is 11.6. The highest BCUT2D eigenvalue weighted by Gasteiger charge is 2.16. The van der Waals surface area contributed by atoms with Crippen LogP contribution >= 0.6 is 0 Å². The van der Waals surface area contributed by atoms with Gasteiger partial charge in [-0.1, -0.05) is 12.1 Å². The van der Waals surface area contributed by atoms with Gasteiger partial charge in [0.15, 0.2) is 0 Å². The Morgan fingerprint density at radius 3 is 3.00 bits per heavy atom. The van der Waals surface area contributed by atoms with Crippen molar-refractivity contribution in [3.63, 3.8) is 0 Å². The van der Waals surface area contributed by atoms with Crippen molar-refractivity contribution in [3.05, 3.63) is 53.9 Å². The summed E-state index contributed by atoms with van der Waals surface area (Å²) in [5, 5.41) is 8.88. The Labute approximate surface area is 140 Å². The summed E-state index contributed by atoms with van der Waals surface area (Å²) in [7, 11) is 0. The molecule has 1 aromatic carbocycles. The van der Waals surface area contributed by atoms with Crippen LogP contribution in [-0.2, 0) is 16.0 Å². The molecule has 2 amide bonds. The van der Waals surface area contributed by atoms with Gasteiger partial charge in [-0.25, -0.2) is 0 Å². The van der Waals surface area contributed by atoms with Gasteiger partial charge in [-0.15, -0.1) is 0 Å². The van der Waals surface area contributed by atoms with Crippen molar-refractivity contribution in [2.75, 3.05) is 17.2 Å². The van der Waals surface area contributed by atoms with Crippen LogP contribution in [0.1, 0.15) is 30.5 Å². The van der Waals surface area contributed by atoms with Crippen LogP contribution in [0.25, 0.3) is 0 Å². The number of benzene rings is 1. The van der Waals surface area contributed by atoms with Crippen LogP contribution in [0.5, 0.6) is 0 Å².